The summed E-state index contributed by atoms with van der Waals surface area (Å²) in [5.41, 5.74) is 0. The summed E-state index contributed by atoms with van der Waals surface area (Å²) in [6.45, 7) is 3.70. The Morgan fingerprint density at radius 2 is 2.08 bits per heavy atom. The number of rotatable bonds is 6. The molecule has 0 aromatic rings. The van der Waals surface area contributed by atoms with Crippen molar-refractivity contribution < 1.29 is 14.7 Å². The SMILES string of the molecule is CCCCC(=O)NC(C)CC(=O)O. The van der Waals surface area contributed by atoms with Gasteiger partial charge in [0.15, 0.2) is 0 Å². The number of aliphatic carboxylic acids is 1. The van der Waals surface area contributed by atoms with Crippen LogP contribution in [0.15, 0.2) is 0 Å². The molecule has 4 heteroatoms. The second-order valence-corrected chi connectivity index (χ2v) is 3.17. The van der Waals surface area contributed by atoms with E-state index in [1.807, 2.05) is 6.92 Å². The van der Waals surface area contributed by atoms with Crippen LogP contribution in [0.5, 0.6) is 0 Å². The molecule has 4 nitrogen and oxygen atoms in total. The summed E-state index contributed by atoms with van der Waals surface area (Å²) in [6, 6.07) is -0.276. The van der Waals surface area contributed by atoms with Gasteiger partial charge in [-0.25, -0.2) is 0 Å². The molecule has 0 aliphatic carbocycles. The molecule has 1 atom stereocenters. The van der Waals surface area contributed by atoms with Crippen LogP contribution < -0.4 is 5.32 Å². The lowest BCUT2D eigenvalue weighted by molar-refractivity contribution is -0.137. The lowest BCUT2D eigenvalue weighted by Crippen LogP contribution is -2.33. The van der Waals surface area contributed by atoms with Crippen molar-refractivity contribution in [3.8, 4) is 0 Å². The zero-order valence-electron chi connectivity index (χ0n) is 8.17. The number of nitrogens with one attached hydrogen (secondary N) is 1. The second kappa shape index (κ2) is 6.46. The first-order valence-electron chi connectivity index (χ1n) is 4.57. The van der Waals surface area contributed by atoms with E-state index in [1.54, 1.807) is 6.92 Å². The van der Waals surface area contributed by atoms with E-state index in [0.717, 1.165) is 12.8 Å². The fourth-order valence-electron chi connectivity index (χ4n) is 0.997. The highest BCUT2D eigenvalue weighted by atomic mass is 16.4. The monoisotopic (exact) mass is 187 g/mol. The van der Waals surface area contributed by atoms with Gasteiger partial charge in [-0.05, 0) is 13.3 Å². The number of unbranched alkanes of at least 4 members (excludes halogenated alkanes) is 1. The van der Waals surface area contributed by atoms with Crippen LogP contribution in [0.2, 0.25) is 0 Å². The molecule has 76 valence electrons. The van der Waals surface area contributed by atoms with E-state index >= 15 is 0 Å². The summed E-state index contributed by atoms with van der Waals surface area (Å²) >= 11 is 0. The normalized spacial score (nSPS) is 12.2. The average molecular weight is 187 g/mol. The van der Waals surface area contributed by atoms with E-state index in [4.69, 9.17) is 5.11 Å². The summed E-state index contributed by atoms with van der Waals surface area (Å²) in [5.74, 6) is -0.945. The Labute approximate surface area is 78.3 Å². The second-order valence-electron chi connectivity index (χ2n) is 3.17. The van der Waals surface area contributed by atoms with Crippen LogP contribution in [-0.2, 0) is 9.59 Å². The van der Waals surface area contributed by atoms with Crippen molar-refractivity contribution in [3.05, 3.63) is 0 Å². The molecule has 0 heterocycles. The van der Waals surface area contributed by atoms with Crippen LogP contribution in [-0.4, -0.2) is 23.0 Å². The molecule has 13 heavy (non-hydrogen) atoms. The van der Waals surface area contributed by atoms with Gasteiger partial charge in [0.1, 0.15) is 0 Å². The van der Waals surface area contributed by atoms with Gasteiger partial charge in [0.25, 0.3) is 0 Å². The maximum absolute atomic E-state index is 11.1. The van der Waals surface area contributed by atoms with Gasteiger partial charge in [0.05, 0.1) is 6.42 Å². The van der Waals surface area contributed by atoms with Gasteiger partial charge in [-0.2, -0.15) is 0 Å². The Hall–Kier alpha value is -1.06. The molecule has 0 radical (unpaired) electrons. The Balaban J connectivity index is 3.59. The van der Waals surface area contributed by atoms with E-state index < -0.39 is 5.97 Å². The maximum atomic E-state index is 11.1. The number of amides is 1. The predicted molar refractivity (Wildman–Crippen MR) is 49.4 cm³/mol. The summed E-state index contributed by atoms with van der Waals surface area (Å²) < 4.78 is 0. The molecule has 2 N–H and O–H groups in total. The number of carboxylic acids is 1. The lowest BCUT2D eigenvalue weighted by atomic mass is 10.2. The third kappa shape index (κ3) is 7.31. The zero-order chi connectivity index (χ0) is 10.3. The molecule has 0 aliphatic rings. The molecule has 0 fully saturated rings. The van der Waals surface area contributed by atoms with Crippen LogP contribution in [0.3, 0.4) is 0 Å². The van der Waals surface area contributed by atoms with Crippen molar-refractivity contribution in [1.82, 2.24) is 5.32 Å². The molecule has 1 amide bonds. The maximum Gasteiger partial charge on any atom is 0.305 e. The molecule has 0 rings (SSSR count). The highest BCUT2D eigenvalue weighted by Crippen LogP contribution is 1.96. The van der Waals surface area contributed by atoms with Crippen molar-refractivity contribution in [3.63, 3.8) is 0 Å². The van der Waals surface area contributed by atoms with E-state index in [2.05, 4.69) is 5.32 Å². The van der Waals surface area contributed by atoms with Crippen LogP contribution in [0.4, 0.5) is 0 Å². The summed E-state index contributed by atoms with van der Waals surface area (Å²) in [7, 11) is 0. The molecule has 0 aromatic heterocycles. The van der Waals surface area contributed by atoms with Gasteiger partial charge in [-0.15, -0.1) is 0 Å². The number of carboxylic acid groups (broad SMARTS) is 1. The Morgan fingerprint density at radius 3 is 2.54 bits per heavy atom. The molecule has 1 unspecified atom stereocenters. The first-order valence-corrected chi connectivity index (χ1v) is 4.57. The third-order valence-electron chi connectivity index (χ3n) is 1.65. The fourth-order valence-corrected chi connectivity index (χ4v) is 0.997. The molecule has 0 spiro atoms. The Morgan fingerprint density at radius 1 is 1.46 bits per heavy atom. The highest BCUT2D eigenvalue weighted by molar-refractivity contribution is 5.77. The van der Waals surface area contributed by atoms with Gasteiger partial charge in [0.2, 0.25) is 5.91 Å². The topological polar surface area (TPSA) is 66.4 Å². The van der Waals surface area contributed by atoms with Crippen molar-refractivity contribution in [2.75, 3.05) is 0 Å². The summed E-state index contributed by atoms with van der Waals surface area (Å²) in [4.78, 5) is 21.3. The van der Waals surface area contributed by atoms with Crippen LogP contribution in [0, 0.1) is 0 Å². The highest BCUT2D eigenvalue weighted by Gasteiger charge is 2.09. The minimum Gasteiger partial charge on any atom is -0.481 e. The van der Waals surface area contributed by atoms with Gasteiger partial charge in [0, 0.05) is 12.5 Å². The van der Waals surface area contributed by atoms with Crippen LogP contribution in [0.1, 0.15) is 39.5 Å². The van der Waals surface area contributed by atoms with E-state index in [-0.39, 0.29) is 18.4 Å². The molecule has 0 bridgehead atoms. The number of carbonyl (C=O) groups is 2. The third-order valence-corrected chi connectivity index (χ3v) is 1.65. The number of hydrogen-bond acceptors (Lipinski definition) is 2. The fraction of sp³-hybridized carbons (Fsp3) is 0.778. The molecule has 0 aromatic carbocycles. The average Bonchev–Trinajstić information content (AvgIpc) is 1.98. The van der Waals surface area contributed by atoms with Crippen molar-refractivity contribution in [1.29, 1.82) is 0 Å². The molecule has 0 saturated heterocycles. The molecular formula is C9H17NO3. The minimum atomic E-state index is -0.886. The smallest absolute Gasteiger partial charge is 0.305 e. The standard InChI is InChI=1S/C9H17NO3/c1-3-4-5-8(11)10-7(2)6-9(12)13/h7H,3-6H2,1-2H3,(H,10,11)(H,12,13). The summed E-state index contributed by atoms with van der Waals surface area (Å²) in [6.07, 6.45) is 2.30. The van der Waals surface area contributed by atoms with Gasteiger partial charge in [-0.3, -0.25) is 9.59 Å². The quantitative estimate of drug-likeness (QED) is 0.655. The van der Waals surface area contributed by atoms with E-state index in [9.17, 15) is 9.59 Å². The van der Waals surface area contributed by atoms with Crippen molar-refractivity contribution >= 4 is 11.9 Å². The lowest BCUT2D eigenvalue weighted by Gasteiger charge is -2.10. The van der Waals surface area contributed by atoms with Crippen molar-refractivity contribution in [2.45, 2.75) is 45.6 Å². The van der Waals surface area contributed by atoms with Crippen molar-refractivity contribution in [2.24, 2.45) is 0 Å². The van der Waals surface area contributed by atoms with E-state index in [0.29, 0.717) is 6.42 Å². The number of hydrogen-bond donors (Lipinski definition) is 2. The summed E-state index contributed by atoms with van der Waals surface area (Å²) in [5, 5.41) is 11.0. The Bertz CT molecular complexity index is 180. The van der Waals surface area contributed by atoms with Gasteiger partial charge < -0.3 is 10.4 Å². The first kappa shape index (κ1) is 11.9. The van der Waals surface area contributed by atoms with E-state index in [1.165, 1.54) is 0 Å². The molecule has 0 aliphatic heterocycles. The van der Waals surface area contributed by atoms with Crippen LogP contribution in [0.25, 0.3) is 0 Å². The molecule has 0 saturated carbocycles. The minimum absolute atomic E-state index is 0.0160. The largest absolute Gasteiger partial charge is 0.481 e. The Kier molecular flexibility index (Phi) is 5.93. The molecular weight excluding hydrogens is 170 g/mol. The zero-order valence-corrected chi connectivity index (χ0v) is 8.17. The van der Waals surface area contributed by atoms with Gasteiger partial charge >= 0.3 is 5.97 Å². The van der Waals surface area contributed by atoms with Gasteiger partial charge in [-0.1, -0.05) is 13.3 Å². The van der Waals surface area contributed by atoms with Crippen LogP contribution >= 0.6 is 0 Å². The first-order chi connectivity index (χ1) is 6.06. The predicted octanol–water partition coefficient (Wildman–Crippen LogP) is 1.16. The number of carbonyl (C=O) groups excluding carboxylic acids is 1.